The summed E-state index contributed by atoms with van der Waals surface area (Å²) in [5, 5.41) is 11.8. The van der Waals surface area contributed by atoms with E-state index in [0.29, 0.717) is 6.42 Å². The summed E-state index contributed by atoms with van der Waals surface area (Å²) in [6, 6.07) is -0.584. The van der Waals surface area contributed by atoms with Crippen molar-refractivity contribution in [2.75, 3.05) is 6.54 Å². The van der Waals surface area contributed by atoms with Crippen LogP contribution in [0.1, 0.15) is 12.1 Å². The number of aromatic nitrogens is 2. The number of hydrogen-bond acceptors (Lipinski definition) is 4. The minimum absolute atomic E-state index is 0.213. The van der Waals surface area contributed by atoms with Gasteiger partial charge in [0, 0.05) is 38.3 Å². The zero-order valence-electron chi connectivity index (χ0n) is 9.59. The zero-order valence-corrected chi connectivity index (χ0v) is 10.4. The summed E-state index contributed by atoms with van der Waals surface area (Å²) in [4.78, 5) is 15.3. The molecular formula is C10H16N4O2S. The number of carbonyl (C=O) groups excluding carboxylic acids is 1. The van der Waals surface area contributed by atoms with E-state index in [4.69, 9.17) is 18.0 Å². The maximum absolute atomic E-state index is 11.4. The van der Waals surface area contributed by atoms with Crippen LogP contribution in [0.25, 0.3) is 0 Å². The summed E-state index contributed by atoms with van der Waals surface area (Å²) in [6.45, 7) is 0.266. The number of imidazole rings is 1. The van der Waals surface area contributed by atoms with E-state index in [1.165, 1.54) is 0 Å². The number of hydrogen-bond donors (Lipinski definition) is 3. The van der Waals surface area contributed by atoms with Gasteiger partial charge in [-0.1, -0.05) is 0 Å². The first kappa shape index (κ1) is 13.6. The highest BCUT2D eigenvalue weighted by atomic mass is 32.1. The van der Waals surface area contributed by atoms with Crippen molar-refractivity contribution in [3.05, 3.63) is 18.2 Å². The molecule has 0 saturated heterocycles. The zero-order chi connectivity index (χ0) is 12.8. The Labute approximate surface area is 105 Å². The first-order valence-corrected chi connectivity index (χ1v) is 5.63. The maximum Gasteiger partial charge on any atom is 0.221 e. The van der Waals surface area contributed by atoms with Gasteiger partial charge >= 0.3 is 0 Å². The van der Waals surface area contributed by atoms with Crippen molar-refractivity contribution in [3.8, 4) is 0 Å². The second-order valence-electron chi connectivity index (χ2n) is 3.70. The predicted octanol–water partition coefficient (Wildman–Crippen LogP) is -0.318. The molecule has 0 aromatic carbocycles. The summed E-state index contributed by atoms with van der Waals surface area (Å²) in [7, 11) is 1.83. The van der Waals surface area contributed by atoms with Crippen molar-refractivity contribution in [3.63, 3.8) is 0 Å². The van der Waals surface area contributed by atoms with E-state index in [1.807, 2.05) is 7.05 Å². The van der Waals surface area contributed by atoms with E-state index in [0.717, 1.165) is 5.69 Å². The topological polar surface area (TPSA) is 93.2 Å². The molecule has 1 amide bonds. The number of thiocarbonyl (C=S) groups is 1. The Morgan fingerprint density at radius 3 is 2.94 bits per heavy atom. The molecule has 0 saturated carbocycles. The third-order valence-corrected chi connectivity index (χ3v) is 2.62. The molecule has 1 aromatic rings. The summed E-state index contributed by atoms with van der Waals surface area (Å²) in [6.07, 6.45) is 3.93. The Balaban J connectivity index is 2.64. The first-order chi connectivity index (χ1) is 8.04. The molecule has 17 heavy (non-hydrogen) atoms. The smallest absolute Gasteiger partial charge is 0.221 e. The van der Waals surface area contributed by atoms with Crippen LogP contribution in [0.15, 0.2) is 12.5 Å². The number of aliphatic hydroxyl groups is 1. The third kappa shape index (κ3) is 4.12. The van der Waals surface area contributed by atoms with Crippen molar-refractivity contribution >= 4 is 23.2 Å². The molecule has 0 spiro atoms. The molecule has 6 nitrogen and oxygen atoms in total. The van der Waals surface area contributed by atoms with E-state index < -0.39 is 6.04 Å². The maximum atomic E-state index is 11.4. The van der Waals surface area contributed by atoms with Crippen LogP contribution in [0, 0.1) is 0 Å². The molecule has 0 radical (unpaired) electrons. The van der Waals surface area contributed by atoms with Gasteiger partial charge in [0.15, 0.2) is 5.05 Å². The molecule has 4 N–H and O–H groups in total. The molecule has 0 aliphatic heterocycles. The van der Waals surface area contributed by atoms with Gasteiger partial charge < -0.3 is 20.7 Å². The van der Waals surface area contributed by atoms with Crippen LogP contribution in [-0.4, -0.2) is 38.2 Å². The lowest BCUT2D eigenvalue weighted by Crippen LogP contribution is -2.42. The molecule has 0 fully saturated rings. The Kier molecular flexibility index (Phi) is 5.05. The number of carbonyl (C=O) groups is 1. The van der Waals surface area contributed by atoms with Crippen LogP contribution in [0.5, 0.6) is 0 Å². The van der Waals surface area contributed by atoms with Gasteiger partial charge in [-0.3, -0.25) is 4.79 Å². The Morgan fingerprint density at radius 1 is 1.76 bits per heavy atom. The lowest BCUT2D eigenvalue weighted by molar-refractivity contribution is -0.121. The van der Waals surface area contributed by atoms with Gasteiger partial charge in [-0.2, -0.15) is 0 Å². The molecule has 1 aromatic heterocycles. The molecule has 1 atom stereocenters. The van der Waals surface area contributed by atoms with E-state index >= 15 is 0 Å². The van der Waals surface area contributed by atoms with Crippen LogP contribution in [0.3, 0.4) is 0 Å². The van der Waals surface area contributed by atoms with Gasteiger partial charge in [-0.25, -0.2) is 4.98 Å². The van der Waals surface area contributed by atoms with Gasteiger partial charge in [0.05, 0.1) is 6.33 Å². The lowest BCUT2D eigenvalue weighted by atomic mass is 10.1. The largest absolute Gasteiger partial charge is 0.500 e. The minimum atomic E-state index is -0.584. The Hall–Kier alpha value is -1.47. The van der Waals surface area contributed by atoms with Crippen molar-refractivity contribution < 1.29 is 9.90 Å². The second kappa shape index (κ2) is 6.31. The van der Waals surface area contributed by atoms with Crippen LogP contribution in [-0.2, 0) is 18.3 Å². The highest BCUT2D eigenvalue weighted by molar-refractivity contribution is 7.80. The molecule has 1 unspecified atom stereocenters. The van der Waals surface area contributed by atoms with Gasteiger partial charge in [0.25, 0.3) is 0 Å². The van der Waals surface area contributed by atoms with Gasteiger partial charge in [0.2, 0.25) is 5.91 Å². The van der Waals surface area contributed by atoms with Crippen molar-refractivity contribution in [2.24, 2.45) is 12.8 Å². The van der Waals surface area contributed by atoms with Crippen molar-refractivity contribution in [1.82, 2.24) is 14.9 Å². The van der Waals surface area contributed by atoms with Crippen LogP contribution in [0.4, 0.5) is 0 Å². The number of amides is 1. The summed E-state index contributed by atoms with van der Waals surface area (Å²) in [5.41, 5.74) is 6.15. The monoisotopic (exact) mass is 256 g/mol. The number of nitrogens with one attached hydrogen (secondary N) is 1. The van der Waals surface area contributed by atoms with Gasteiger partial charge in [0.1, 0.15) is 6.04 Å². The summed E-state index contributed by atoms with van der Waals surface area (Å²) >= 11 is 4.72. The minimum Gasteiger partial charge on any atom is -0.500 e. The number of aliphatic hydroxyl groups excluding tert-OH is 1. The second-order valence-corrected chi connectivity index (χ2v) is 4.12. The van der Waals surface area contributed by atoms with Crippen molar-refractivity contribution in [2.45, 2.75) is 18.9 Å². The highest BCUT2D eigenvalue weighted by Crippen LogP contribution is 2.03. The SMILES string of the molecule is Cn1cncc1CC(NC(=O)CCN)C(O)=S. The number of nitrogens with two attached hydrogens (primary N) is 1. The number of rotatable bonds is 6. The number of nitrogens with zero attached hydrogens (tertiary/aromatic N) is 2. The highest BCUT2D eigenvalue weighted by Gasteiger charge is 2.18. The standard InChI is InChI=1S/C10H16N4O2S/c1-14-6-12-5-7(14)4-8(10(16)17)13-9(15)2-3-11/h5-6,8H,2-4,11H2,1H3,(H,13,15)(H,16,17). The molecule has 0 aliphatic carbocycles. The fraction of sp³-hybridized carbons (Fsp3) is 0.500. The van der Waals surface area contributed by atoms with E-state index in [9.17, 15) is 9.90 Å². The molecular weight excluding hydrogens is 240 g/mol. The normalized spacial score (nSPS) is 12.1. The fourth-order valence-corrected chi connectivity index (χ4v) is 1.53. The van der Waals surface area contributed by atoms with Gasteiger partial charge in [-0.05, 0) is 12.2 Å². The fourth-order valence-electron chi connectivity index (χ4n) is 1.39. The Bertz CT molecular complexity index is 405. The van der Waals surface area contributed by atoms with Crippen LogP contribution in [0.2, 0.25) is 0 Å². The molecule has 7 heteroatoms. The van der Waals surface area contributed by atoms with Crippen LogP contribution < -0.4 is 11.1 Å². The van der Waals surface area contributed by atoms with Crippen LogP contribution >= 0.6 is 12.2 Å². The third-order valence-electron chi connectivity index (χ3n) is 2.33. The predicted molar refractivity (Wildman–Crippen MR) is 67.7 cm³/mol. The van der Waals surface area contributed by atoms with E-state index in [2.05, 4.69) is 10.3 Å². The number of aryl methyl sites for hydroxylation is 1. The average molecular weight is 256 g/mol. The van der Waals surface area contributed by atoms with E-state index in [-0.39, 0.29) is 23.9 Å². The summed E-state index contributed by atoms with van der Waals surface area (Å²) < 4.78 is 1.81. The molecule has 94 valence electrons. The van der Waals surface area contributed by atoms with Gasteiger partial charge in [-0.15, -0.1) is 0 Å². The average Bonchev–Trinajstić information content (AvgIpc) is 2.63. The van der Waals surface area contributed by atoms with Crippen molar-refractivity contribution in [1.29, 1.82) is 0 Å². The lowest BCUT2D eigenvalue weighted by Gasteiger charge is -2.16. The Morgan fingerprint density at radius 2 is 2.47 bits per heavy atom. The molecule has 1 heterocycles. The summed E-state index contributed by atoms with van der Waals surface area (Å²) in [5.74, 6) is -0.226. The quantitative estimate of drug-likeness (QED) is 0.607. The molecule has 0 bridgehead atoms. The first-order valence-electron chi connectivity index (χ1n) is 5.22. The molecule has 1 rings (SSSR count). The van der Waals surface area contributed by atoms with E-state index in [1.54, 1.807) is 17.1 Å². The molecule has 0 aliphatic rings.